The number of alkyl halides is 3. The summed E-state index contributed by atoms with van der Waals surface area (Å²) < 4.78 is 45.0. The third kappa shape index (κ3) is 6.01. The molecule has 0 unspecified atom stereocenters. The SMILES string of the molecule is O=C(COc1ccccc1C(=O)NCc1ccccc1)Nc1c(Cl)cccc1C(F)(F)F. The molecule has 0 aliphatic rings. The van der Waals surface area contributed by atoms with Crippen LogP contribution in [0.1, 0.15) is 21.5 Å². The molecule has 0 radical (unpaired) electrons. The number of ether oxygens (including phenoxy) is 1. The molecule has 3 aromatic carbocycles. The van der Waals surface area contributed by atoms with Gasteiger partial charge in [0.05, 0.1) is 21.8 Å². The molecule has 2 amide bonds. The molecular formula is C23H18ClF3N2O3. The Balaban J connectivity index is 1.66. The van der Waals surface area contributed by atoms with Gasteiger partial charge < -0.3 is 15.4 Å². The number of carbonyl (C=O) groups is 2. The summed E-state index contributed by atoms with van der Waals surface area (Å²) >= 11 is 5.84. The fraction of sp³-hybridized carbons (Fsp3) is 0.130. The number of nitrogens with one attached hydrogen (secondary N) is 2. The molecule has 0 aromatic heterocycles. The maximum atomic E-state index is 13.2. The number of para-hydroxylation sites is 2. The Kier molecular flexibility index (Phi) is 7.37. The van der Waals surface area contributed by atoms with Crippen molar-refractivity contribution in [2.75, 3.05) is 11.9 Å². The first-order valence-electron chi connectivity index (χ1n) is 9.45. The van der Waals surface area contributed by atoms with Crippen LogP contribution in [0.3, 0.4) is 0 Å². The van der Waals surface area contributed by atoms with Gasteiger partial charge in [-0.05, 0) is 29.8 Å². The minimum atomic E-state index is -4.70. The second kappa shape index (κ2) is 10.2. The zero-order valence-electron chi connectivity index (χ0n) is 16.6. The highest BCUT2D eigenvalue weighted by Crippen LogP contribution is 2.38. The lowest BCUT2D eigenvalue weighted by Gasteiger charge is -2.16. The van der Waals surface area contributed by atoms with Crippen molar-refractivity contribution in [3.8, 4) is 5.75 Å². The van der Waals surface area contributed by atoms with Gasteiger partial charge in [0.15, 0.2) is 6.61 Å². The summed E-state index contributed by atoms with van der Waals surface area (Å²) in [6.07, 6.45) is -4.70. The smallest absolute Gasteiger partial charge is 0.418 e. The van der Waals surface area contributed by atoms with Crippen LogP contribution >= 0.6 is 11.6 Å². The number of halogens is 4. The molecule has 32 heavy (non-hydrogen) atoms. The molecule has 0 aliphatic heterocycles. The van der Waals surface area contributed by atoms with Crippen molar-refractivity contribution in [2.24, 2.45) is 0 Å². The van der Waals surface area contributed by atoms with Crippen LogP contribution < -0.4 is 15.4 Å². The molecule has 0 saturated carbocycles. The molecule has 9 heteroatoms. The van der Waals surface area contributed by atoms with Crippen LogP contribution in [0.15, 0.2) is 72.8 Å². The van der Waals surface area contributed by atoms with E-state index >= 15 is 0 Å². The second-order valence-corrected chi connectivity index (χ2v) is 7.07. The number of rotatable bonds is 7. The van der Waals surface area contributed by atoms with Crippen molar-refractivity contribution in [1.29, 1.82) is 0 Å². The number of carbonyl (C=O) groups excluding carboxylic acids is 2. The quantitative estimate of drug-likeness (QED) is 0.500. The highest BCUT2D eigenvalue weighted by Gasteiger charge is 2.34. The molecule has 166 valence electrons. The molecule has 0 atom stereocenters. The van der Waals surface area contributed by atoms with Crippen molar-refractivity contribution in [3.63, 3.8) is 0 Å². The van der Waals surface area contributed by atoms with E-state index in [0.29, 0.717) is 6.54 Å². The molecule has 0 bridgehead atoms. The van der Waals surface area contributed by atoms with Gasteiger partial charge in [-0.3, -0.25) is 9.59 Å². The fourth-order valence-electron chi connectivity index (χ4n) is 2.86. The Morgan fingerprint density at radius 1 is 0.906 bits per heavy atom. The minimum Gasteiger partial charge on any atom is -0.483 e. The lowest BCUT2D eigenvalue weighted by atomic mass is 10.1. The van der Waals surface area contributed by atoms with Gasteiger partial charge >= 0.3 is 6.18 Å². The average molecular weight is 463 g/mol. The van der Waals surface area contributed by atoms with Crippen LogP contribution in [0.2, 0.25) is 5.02 Å². The van der Waals surface area contributed by atoms with Crippen molar-refractivity contribution in [3.05, 3.63) is 94.5 Å². The molecule has 0 saturated heterocycles. The second-order valence-electron chi connectivity index (χ2n) is 6.66. The van der Waals surface area contributed by atoms with E-state index < -0.39 is 35.8 Å². The van der Waals surface area contributed by atoms with Crippen molar-refractivity contribution in [2.45, 2.75) is 12.7 Å². The number of amides is 2. The number of benzene rings is 3. The van der Waals surface area contributed by atoms with Gasteiger partial charge in [-0.15, -0.1) is 0 Å². The maximum absolute atomic E-state index is 13.2. The first-order valence-corrected chi connectivity index (χ1v) is 9.83. The van der Waals surface area contributed by atoms with Crippen LogP contribution in [0.25, 0.3) is 0 Å². The van der Waals surface area contributed by atoms with E-state index in [-0.39, 0.29) is 16.3 Å². The zero-order valence-corrected chi connectivity index (χ0v) is 17.3. The predicted molar refractivity (Wildman–Crippen MR) is 115 cm³/mol. The Labute approximate surface area is 187 Å². The van der Waals surface area contributed by atoms with E-state index in [1.54, 1.807) is 12.1 Å². The largest absolute Gasteiger partial charge is 0.483 e. The normalized spacial score (nSPS) is 11.0. The maximum Gasteiger partial charge on any atom is 0.418 e. The molecule has 3 aromatic rings. The fourth-order valence-corrected chi connectivity index (χ4v) is 3.08. The summed E-state index contributed by atoms with van der Waals surface area (Å²) in [7, 11) is 0. The highest BCUT2D eigenvalue weighted by molar-refractivity contribution is 6.34. The summed E-state index contributed by atoms with van der Waals surface area (Å²) in [4.78, 5) is 24.8. The Hall–Kier alpha value is -3.52. The van der Waals surface area contributed by atoms with Gasteiger partial charge in [0, 0.05) is 6.54 Å². The van der Waals surface area contributed by atoms with Crippen LogP contribution in [0.5, 0.6) is 5.75 Å². The van der Waals surface area contributed by atoms with E-state index in [4.69, 9.17) is 16.3 Å². The Bertz CT molecular complexity index is 1110. The molecule has 0 aliphatic carbocycles. The summed E-state index contributed by atoms with van der Waals surface area (Å²) in [5.74, 6) is -1.16. The van der Waals surface area contributed by atoms with Gasteiger partial charge in [0.2, 0.25) is 0 Å². The Morgan fingerprint density at radius 3 is 2.31 bits per heavy atom. The molecule has 0 spiro atoms. The Morgan fingerprint density at radius 2 is 1.59 bits per heavy atom. The summed E-state index contributed by atoms with van der Waals surface area (Å²) in [5, 5.41) is 4.63. The average Bonchev–Trinajstić information content (AvgIpc) is 2.77. The van der Waals surface area contributed by atoms with Crippen molar-refractivity contribution >= 4 is 29.1 Å². The standard InChI is InChI=1S/C23H18ClF3N2O3/c24-18-11-6-10-17(23(25,26)27)21(18)29-20(30)14-32-19-12-5-4-9-16(19)22(31)28-13-15-7-2-1-3-8-15/h1-12H,13-14H2,(H,28,31)(H,29,30). The molecular weight excluding hydrogens is 445 g/mol. The van der Waals surface area contributed by atoms with Gasteiger partial charge in [0.25, 0.3) is 11.8 Å². The van der Waals surface area contributed by atoms with E-state index in [1.807, 2.05) is 30.3 Å². The predicted octanol–water partition coefficient (Wildman–Crippen LogP) is 5.31. The van der Waals surface area contributed by atoms with Gasteiger partial charge in [-0.2, -0.15) is 13.2 Å². The summed E-state index contributed by atoms with van der Waals surface area (Å²) in [6, 6.07) is 18.7. The van der Waals surface area contributed by atoms with Crippen LogP contribution in [0, 0.1) is 0 Å². The van der Waals surface area contributed by atoms with Crippen LogP contribution in [-0.2, 0) is 17.5 Å². The number of hydrogen-bond donors (Lipinski definition) is 2. The summed E-state index contributed by atoms with van der Waals surface area (Å²) in [5.41, 5.74) is -0.535. The van der Waals surface area contributed by atoms with Crippen LogP contribution in [0.4, 0.5) is 18.9 Å². The van der Waals surface area contributed by atoms with Gasteiger partial charge in [0.1, 0.15) is 5.75 Å². The van der Waals surface area contributed by atoms with Gasteiger partial charge in [-0.25, -0.2) is 0 Å². The molecule has 0 fully saturated rings. The molecule has 2 N–H and O–H groups in total. The third-order valence-electron chi connectivity index (χ3n) is 4.37. The number of hydrogen-bond acceptors (Lipinski definition) is 3. The third-order valence-corrected chi connectivity index (χ3v) is 4.68. The summed E-state index contributed by atoms with van der Waals surface area (Å²) in [6.45, 7) is -0.327. The zero-order chi connectivity index (χ0) is 23.1. The highest BCUT2D eigenvalue weighted by atomic mass is 35.5. The minimum absolute atomic E-state index is 0.114. The van der Waals surface area contributed by atoms with Crippen molar-refractivity contribution in [1.82, 2.24) is 5.32 Å². The molecule has 5 nitrogen and oxygen atoms in total. The number of anilines is 1. The lowest BCUT2D eigenvalue weighted by Crippen LogP contribution is -2.25. The monoisotopic (exact) mass is 462 g/mol. The van der Waals surface area contributed by atoms with E-state index in [9.17, 15) is 22.8 Å². The van der Waals surface area contributed by atoms with E-state index in [2.05, 4.69) is 10.6 Å². The van der Waals surface area contributed by atoms with Crippen LogP contribution in [-0.4, -0.2) is 18.4 Å². The van der Waals surface area contributed by atoms with Gasteiger partial charge in [-0.1, -0.05) is 60.1 Å². The van der Waals surface area contributed by atoms with E-state index in [1.165, 1.54) is 18.2 Å². The first-order chi connectivity index (χ1) is 15.3. The van der Waals surface area contributed by atoms with E-state index in [0.717, 1.165) is 17.7 Å². The lowest BCUT2D eigenvalue weighted by molar-refractivity contribution is -0.137. The molecule has 3 rings (SSSR count). The van der Waals surface area contributed by atoms with Crippen molar-refractivity contribution < 1.29 is 27.5 Å². The first kappa shape index (κ1) is 23.1. The molecule has 0 heterocycles. The topological polar surface area (TPSA) is 67.4 Å².